The molecule has 3 heteroatoms. The van der Waals surface area contributed by atoms with Gasteiger partial charge in [0.15, 0.2) is 0 Å². The molecule has 1 aliphatic carbocycles. The monoisotopic (exact) mass is 218 g/mol. The summed E-state index contributed by atoms with van der Waals surface area (Å²) in [5.74, 6) is 0.634. The molecule has 3 rings (SSSR count). The molecule has 1 heterocycles. The van der Waals surface area contributed by atoms with E-state index in [2.05, 4.69) is 0 Å². The number of aromatic hydroxyl groups is 1. The van der Waals surface area contributed by atoms with E-state index in [0.29, 0.717) is 11.0 Å². The Morgan fingerprint density at radius 3 is 2.53 bits per heavy atom. The summed E-state index contributed by atoms with van der Waals surface area (Å²) in [4.78, 5) is 0. The van der Waals surface area contributed by atoms with Crippen LogP contribution in [0.3, 0.4) is 0 Å². The molecule has 2 nitrogen and oxygen atoms in total. The van der Waals surface area contributed by atoms with Crippen LogP contribution in [0.25, 0.3) is 0 Å². The zero-order valence-corrected chi connectivity index (χ0v) is 8.74. The Bertz CT molecular complexity index is 461. The lowest BCUT2D eigenvalue weighted by Gasteiger charge is -2.12. The number of hydrogen-bond donors (Lipinski definition) is 2. The van der Waals surface area contributed by atoms with Crippen LogP contribution in [0.1, 0.15) is 5.56 Å². The maximum atomic E-state index is 9.33. The number of benzene rings is 1. The minimum absolute atomic E-state index is 0.0000694. The first-order chi connectivity index (χ1) is 7.21. The van der Waals surface area contributed by atoms with Crippen molar-refractivity contribution in [2.75, 3.05) is 0 Å². The predicted molar refractivity (Wildman–Crippen MR) is 61.0 cm³/mol. The second kappa shape index (κ2) is 2.83. The van der Waals surface area contributed by atoms with Gasteiger partial charge >= 0.3 is 0 Å². The molecule has 2 atom stereocenters. The third kappa shape index (κ3) is 1.27. The number of aliphatic hydroxyl groups excluding tert-OH is 1. The van der Waals surface area contributed by atoms with Gasteiger partial charge < -0.3 is 10.2 Å². The Morgan fingerprint density at radius 1 is 1.13 bits per heavy atom. The first-order valence-electron chi connectivity index (χ1n) is 4.78. The number of fused-ring (bicyclic) bond motifs is 1. The van der Waals surface area contributed by atoms with Gasteiger partial charge in [-0.2, -0.15) is 0 Å². The fourth-order valence-corrected chi connectivity index (χ4v) is 3.20. The molecule has 1 aliphatic heterocycles. The van der Waals surface area contributed by atoms with Gasteiger partial charge in [0.1, 0.15) is 11.5 Å². The molecule has 2 aliphatic rings. The molecule has 1 saturated heterocycles. The minimum Gasteiger partial charge on any atom is -0.508 e. The van der Waals surface area contributed by atoms with Crippen LogP contribution >= 0.6 is 11.8 Å². The molecule has 1 aromatic rings. The molecule has 0 bridgehead atoms. The molecule has 0 spiro atoms. The smallest absolute Gasteiger partial charge is 0.115 e. The highest BCUT2D eigenvalue weighted by molar-refractivity contribution is 8.08. The third-order valence-corrected chi connectivity index (χ3v) is 4.35. The summed E-state index contributed by atoms with van der Waals surface area (Å²) in [5.41, 5.74) is 1.18. The van der Waals surface area contributed by atoms with E-state index in [4.69, 9.17) is 0 Å². The number of thioether (sulfide) groups is 1. The number of phenols is 1. The molecule has 76 valence electrons. The van der Waals surface area contributed by atoms with Gasteiger partial charge in [-0.15, -0.1) is 11.8 Å². The average molecular weight is 218 g/mol. The summed E-state index contributed by atoms with van der Waals surface area (Å²) in [7, 11) is 0. The van der Waals surface area contributed by atoms with Crippen molar-refractivity contribution in [3.8, 4) is 5.75 Å². The van der Waals surface area contributed by atoms with Gasteiger partial charge in [-0.05, 0) is 29.8 Å². The van der Waals surface area contributed by atoms with E-state index in [1.807, 2.05) is 24.3 Å². The average Bonchev–Trinajstić information content (AvgIpc) is 2.93. The zero-order chi connectivity index (χ0) is 10.5. The van der Waals surface area contributed by atoms with Crippen LogP contribution in [0.4, 0.5) is 0 Å². The molecule has 2 unspecified atom stereocenters. The highest BCUT2D eigenvalue weighted by Gasteiger charge is 2.55. The van der Waals surface area contributed by atoms with Crippen molar-refractivity contribution in [3.63, 3.8) is 0 Å². The normalized spacial score (nSPS) is 32.0. The quantitative estimate of drug-likeness (QED) is 0.712. The SMILES string of the molecule is OC1=CC2SC2(c2ccc(O)cc2)C=C1. The van der Waals surface area contributed by atoms with Crippen molar-refractivity contribution in [3.05, 3.63) is 53.8 Å². The summed E-state index contributed by atoms with van der Waals surface area (Å²) < 4.78 is -0.0000694. The van der Waals surface area contributed by atoms with Crippen LogP contribution in [-0.4, -0.2) is 15.5 Å². The topological polar surface area (TPSA) is 40.5 Å². The number of hydrogen-bond acceptors (Lipinski definition) is 3. The molecule has 0 amide bonds. The summed E-state index contributed by atoms with van der Waals surface area (Å²) in [6.45, 7) is 0. The largest absolute Gasteiger partial charge is 0.508 e. The fourth-order valence-electron chi connectivity index (χ4n) is 1.94. The summed E-state index contributed by atoms with van der Waals surface area (Å²) in [5, 5.41) is 18.9. The van der Waals surface area contributed by atoms with Gasteiger partial charge in [0.05, 0.1) is 10.00 Å². The maximum absolute atomic E-state index is 9.33. The van der Waals surface area contributed by atoms with Crippen molar-refractivity contribution in [2.24, 2.45) is 0 Å². The molecule has 0 saturated carbocycles. The van der Waals surface area contributed by atoms with Crippen LogP contribution in [0.15, 0.2) is 48.3 Å². The van der Waals surface area contributed by atoms with Gasteiger partial charge in [0, 0.05) is 0 Å². The van der Waals surface area contributed by atoms with E-state index in [0.717, 1.165) is 0 Å². The molecular weight excluding hydrogens is 208 g/mol. The number of phenolic OH excluding ortho intramolecular Hbond substituents is 1. The Morgan fingerprint density at radius 2 is 1.87 bits per heavy atom. The standard InChI is InChI=1S/C12H10O2S/c13-9-3-1-8(2-4-9)12-6-5-10(14)7-11(12)15-12/h1-7,11,13-14H. The maximum Gasteiger partial charge on any atom is 0.115 e. The van der Waals surface area contributed by atoms with E-state index in [-0.39, 0.29) is 10.5 Å². The molecule has 1 aromatic carbocycles. The molecule has 15 heavy (non-hydrogen) atoms. The van der Waals surface area contributed by atoms with E-state index in [1.54, 1.807) is 30.0 Å². The molecule has 0 radical (unpaired) electrons. The Labute approximate surface area is 91.9 Å². The van der Waals surface area contributed by atoms with Crippen molar-refractivity contribution in [1.82, 2.24) is 0 Å². The summed E-state index contributed by atoms with van der Waals surface area (Å²) in [6, 6.07) is 7.27. The van der Waals surface area contributed by atoms with E-state index >= 15 is 0 Å². The van der Waals surface area contributed by atoms with Gasteiger partial charge in [-0.25, -0.2) is 0 Å². The van der Waals surface area contributed by atoms with Crippen molar-refractivity contribution >= 4 is 11.8 Å². The van der Waals surface area contributed by atoms with E-state index < -0.39 is 0 Å². The van der Waals surface area contributed by atoms with Crippen LogP contribution in [-0.2, 0) is 4.75 Å². The van der Waals surface area contributed by atoms with Crippen LogP contribution in [0.2, 0.25) is 0 Å². The highest BCUT2D eigenvalue weighted by Crippen LogP contribution is 2.64. The van der Waals surface area contributed by atoms with Crippen LogP contribution < -0.4 is 0 Å². The number of aliphatic hydroxyl groups is 1. The van der Waals surface area contributed by atoms with E-state index in [1.165, 1.54) is 5.56 Å². The first-order valence-corrected chi connectivity index (χ1v) is 5.66. The predicted octanol–water partition coefficient (Wildman–Crippen LogP) is 2.71. The lowest BCUT2D eigenvalue weighted by atomic mass is 9.92. The Balaban J connectivity index is 1.98. The van der Waals surface area contributed by atoms with Crippen LogP contribution in [0, 0.1) is 0 Å². The van der Waals surface area contributed by atoms with Gasteiger partial charge in [0.2, 0.25) is 0 Å². The van der Waals surface area contributed by atoms with Gasteiger partial charge in [0.25, 0.3) is 0 Å². The van der Waals surface area contributed by atoms with Crippen molar-refractivity contribution in [2.45, 2.75) is 10.00 Å². The third-order valence-electron chi connectivity index (χ3n) is 2.83. The first kappa shape index (κ1) is 8.92. The fraction of sp³-hybridized carbons (Fsp3) is 0.167. The Hall–Kier alpha value is -1.35. The van der Waals surface area contributed by atoms with Crippen molar-refractivity contribution < 1.29 is 10.2 Å². The summed E-state index contributed by atoms with van der Waals surface area (Å²) >= 11 is 1.80. The molecule has 2 N–H and O–H groups in total. The second-order valence-electron chi connectivity index (χ2n) is 3.80. The molecular formula is C12H10O2S. The zero-order valence-electron chi connectivity index (χ0n) is 7.92. The summed E-state index contributed by atoms with van der Waals surface area (Å²) in [6.07, 6.45) is 5.64. The van der Waals surface area contributed by atoms with Gasteiger partial charge in [-0.1, -0.05) is 18.2 Å². The van der Waals surface area contributed by atoms with Crippen molar-refractivity contribution in [1.29, 1.82) is 0 Å². The number of allylic oxidation sites excluding steroid dienone is 1. The number of rotatable bonds is 1. The lowest BCUT2D eigenvalue weighted by Crippen LogP contribution is -2.10. The van der Waals surface area contributed by atoms with E-state index in [9.17, 15) is 10.2 Å². The molecule has 0 aromatic heterocycles. The highest BCUT2D eigenvalue weighted by atomic mass is 32.2. The Kier molecular flexibility index (Phi) is 1.68. The second-order valence-corrected chi connectivity index (χ2v) is 5.22. The lowest BCUT2D eigenvalue weighted by molar-refractivity contribution is 0.427. The molecule has 1 fully saturated rings. The van der Waals surface area contributed by atoms with Gasteiger partial charge in [-0.3, -0.25) is 0 Å². The van der Waals surface area contributed by atoms with Crippen LogP contribution in [0.5, 0.6) is 5.75 Å². The minimum atomic E-state index is -0.0000694.